The van der Waals surface area contributed by atoms with Gasteiger partial charge in [0.15, 0.2) is 0 Å². The number of para-hydroxylation sites is 1. The lowest BCUT2D eigenvalue weighted by molar-refractivity contribution is -0.128. The van der Waals surface area contributed by atoms with Crippen LogP contribution in [0.15, 0.2) is 60.8 Å². The Kier molecular flexibility index (Phi) is 6.75. The topological polar surface area (TPSA) is 65.5 Å². The number of nitrogens with zero attached hydrogens (tertiary/aromatic N) is 3. The lowest BCUT2D eigenvalue weighted by atomic mass is 9.94. The summed E-state index contributed by atoms with van der Waals surface area (Å²) < 4.78 is 0. The Balaban J connectivity index is 1.42. The van der Waals surface area contributed by atoms with Crippen LogP contribution in [0.4, 0.5) is 11.4 Å². The molecule has 2 heterocycles. The highest BCUT2D eigenvalue weighted by Gasteiger charge is 2.27. The van der Waals surface area contributed by atoms with Crippen LogP contribution in [-0.2, 0) is 16.1 Å². The highest BCUT2D eigenvalue weighted by atomic mass is 16.2. The first kappa shape index (κ1) is 22.9. The number of aromatic nitrogens is 1. The highest BCUT2D eigenvalue weighted by molar-refractivity contribution is 5.90. The van der Waals surface area contributed by atoms with E-state index in [0.29, 0.717) is 0 Å². The van der Waals surface area contributed by atoms with Gasteiger partial charge in [0.1, 0.15) is 0 Å². The van der Waals surface area contributed by atoms with Crippen LogP contribution >= 0.6 is 0 Å². The Morgan fingerprint density at radius 3 is 2.58 bits per heavy atom. The molecule has 33 heavy (non-hydrogen) atoms. The summed E-state index contributed by atoms with van der Waals surface area (Å²) in [4.78, 5) is 33.0. The molecule has 1 aliphatic rings. The number of benzene rings is 2. The molecule has 172 valence electrons. The molecule has 3 aromatic rings. The molecule has 0 spiro atoms. The third-order valence-corrected chi connectivity index (χ3v) is 6.01. The number of anilines is 2. The van der Waals surface area contributed by atoms with Crippen LogP contribution in [0, 0.1) is 5.92 Å². The highest BCUT2D eigenvalue weighted by Crippen LogP contribution is 2.28. The molecular weight excluding hydrogens is 412 g/mol. The first-order chi connectivity index (χ1) is 15.8. The zero-order valence-electron chi connectivity index (χ0n) is 19.6. The van der Waals surface area contributed by atoms with Crippen molar-refractivity contribution in [3.8, 4) is 0 Å². The molecule has 0 unspecified atom stereocenters. The van der Waals surface area contributed by atoms with Crippen LogP contribution in [0.3, 0.4) is 0 Å². The SMILES string of the molecule is CC(C)(C)NC(=O)C1CCN(Cc2cccc(N(C=O)c3cnc4ccccc4c3)c2)CC1. The molecule has 2 aromatic carbocycles. The van der Waals surface area contributed by atoms with E-state index in [1.54, 1.807) is 11.1 Å². The number of fused-ring (bicyclic) bond motifs is 1. The van der Waals surface area contributed by atoms with Gasteiger partial charge in [-0.3, -0.25) is 24.4 Å². The second-order valence-corrected chi connectivity index (χ2v) is 9.82. The van der Waals surface area contributed by atoms with Crippen molar-refractivity contribution in [3.63, 3.8) is 0 Å². The van der Waals surface area contributed by atoms with E-state index in [4.69, 9.17) is 0 Å². The van der Waals surface area contributed by atoms with Crippen molar-refractivity contribution in [3.05, 3.63) is 66.4 Å². The summed E-state index contributed by atoms with van der Waals surface area (Å²) in [5, 5.41) is 4.10. The fraction of sp³-hybridized carbons (Fsp3) is 0.370. The van der Waals surface area contributed by atoms with Crippen LogP contribution in [0.5, 0.6) is 0 Å². The number of piperidine rings is 1. The first-order valence-corrected chi connectivity index (χ1v) is 11.5. The van der Waals surface area contributed by atoms with Crippen molar-refractivity contribution < 1.29 is 9.59 Å². The smallest absolute Gasteiger partial charge is 0.223 e. The summed E-state index contributed by atoms with van der Waals surface area (Å²) >= 11 is 0. The number of hydrogen-bond acceptors (Lipinski definition) is 4. The average Bonchev–Trinajstić information content (AvgIpc) is 2.79. The van der Waals surface area contributed by atoms with E-state index in [-0.39, 0.29) is 17.4 Å². The lowest BCUT2D eigenvalue weighted by Crippen LogP contribution is -2.46. The van der Waals surface area contributed by atoms with Gasteiger partial charge in [0.25, 0.3) is 0 Å². The number of rotatable bonds is 6. The molecule has 1 aromatic heterocycles. The Morgan fingerprint density at radius 2 is 1.85 bits per heavy atom. The van der Waals surface area contributed by atoms with Crippen molar-refractivity contribution in [1.29, 1.82) is 0 Å². The molecule has 0 bridgehead atoms. The number of likely N-dealkylation sites (tertiary alicyclic amines) is 1. The van der Waals surface area contributed by atoms with Crippen molar-refractivity contribution >= 4 is 34.6 Å². The third kappa shape index (κ3) is 5.76. The van der Waals surface area contributed by atoms with Gasteiger partial charge in [-0.1, -0.05) is 30.3 Å². The Morgan fingerprint density at radius 1 is 1.09 bits per heavy atom. The van der Waals surface area contributed by atoms with Gasteiger partial charge in [-0.25, -0.2) is 0 Å². The van der Waals surface area contributed by atoms with E-state index in [1.165, 1.54) is 0 Å². The molecule has 1 N–H and O–H groups in total. The van der Waals surface area contributed by atoms with Gasteiger partial charge < -0.3 is 5.32 Å². The van der Waals surface area contributed by atoms with E-state index < -0.39 is 0 Å². The van der Waals surface area contributed by atoms with Gasteiger partial charge >= 0.3 is 0 Å². The predicted octanol–water partition coefficient (Wildman–Crippen LogP) is 4.66. The molecule has 1 fully saturated rings. The standard InChI is InChI=1S/C27H32N4O2/c1-27(2,3)29-26(33)21-11-13-30(14-12-21)18-20-7-6-9-23(15-20)31(19-32)24-16-22-8-4-5-10-25(22)28-17-24/h4-10,15-17,19,21H,11-14,18H2,1-3H3,(H,29,33). The minimum absolute atomic E-state index is 0.0813. The molecule has 6 nitrogen and oxygen atoms in total. The van der Waals surface area contributed by atoms with E-state index in [1.807, 2.05) is 63.2 Å². The summed E-state index contributed by atoms with van der Waals surface area (Å²) in [7, 11) is 0. The van der Waals surface area contributed by atoms with Crippen LogP contribution in [0.1, 0.15) is 39.2 Å². The van der Waals surface area contributed by atoms with Gasteiger partial charge in [-0.15, -0.1) is 0 Å². The molecule has 0 aliphatic carbocycles. The van der Waals surface area contributed by atoms with E-state index in [9.17, 15) is 9.59 Å². The van der Waals surface area contributed by atoms with Gasteiger partial charge in [0.2, 0.25) is 12.3 Å². The molecule has 1 aliphatic heterocycles. The summed E-state index contributed by atoms with van der Waals surface area (Å²) in [5.74, 6) is 0.243. The zero-order chi connectivity index (χ0) is 23.4. The van der Waals surface area contributed by atoms with E-state index >= 15 is 0 Å². The molecule has 0 atom stereocenters. The molecule has 6 heteroatoms. The van der Waals surface area contributed by atoms with Crippen molar-refractivity contribution in [2.75, 3.05) is 18.0 Å². The van der Waals surface area contributed by atoms with Crippen LogP contribution in [0.2, 0.25) is 0 Å². The number of hydrogen-bond donors (Lipinski definition) is 1. The van der Waals surface area contributed by atoms with Crippen molar-refractivity contribution in [2.24, 2.45) is 5.92 Å². The minimum atomic E-state index is -0.195. The van der Waals surface area contributed by atoms with Crippen molar-refractivity contribution in [2.45, 2.75) is 45.7 Å². The van der Waals surface area contributed by atoms with Gasteiger partial charge in [-0.2, -0.15) is 0 Å². The normalized spacial score (nSPS) is 15.4. The number of amides is 2. The van der Waals surface area contributed by atoms with Crippen LogP contribution in [0.25, 0.3) is 10.9 Å². The average molecular weight is 445 g/mol. The van der Waals surface area contributed by atoms with E-state index in [2.05, 4.69) is 27.3 Å². The van der Waals surface area contributed by atoms with Gasteiger partial charge in [0, 0.05) is 29.1 Å². The third-order valence-electron chi connectivity index (χ3n) is 6.01. The first-order valence-electron chi connectivity index (χ1n) is 11.5. The summed E-state index contributed by atoms with van der Waals surface area (Å²) in [6.45, 7) is 8.62. The van der Waals surface area contributed by atoms with Crippen LogP contribution in [-0.4, -0.2) is 40.8 Å². The lowest BCUT2D eigenvalue weighted by Gasteiger charge is -2.33. The molecule has 2 amide bonds. The number of pyridine rings is 1. The molecule has 0 radical (unpaired) electrons. The largest absolute Gasteiger partial charge is 0.351 e. The summed E-state index contributed by atoms with van der Waals surface area (Å²) in [5.41, 5.74) is 3.41. The maximum absolute atomic E-state index is 12.5. The Hall–Kier alpha value is -3.25. The number of carbonyl (C=O) groups is 2. The Labute approximate surface area is 195 Å². The summed E-state index contributed by atoms with van der Waals surface area (Å²) in [6, 6.07) is 17.9. The fourth-order valence-electron chi connectivity index (χ4n) is 4.35. The fourth-order valence-corrected chi connectivity index (χ4v) is 4.35. The number of carbonyl (C=O) groups excluding carboxylic acids is 2. The molecular formula is C27H32N4O2. The Bertz CT molecular complexity index is 1130. The second-order valence-electron chi connectivity index (χ2n) is 9.82. The molecule has 1 saturated heterocycles. The monoisotopic (exact) mass is 444 g/mol. The molecule has 0 saturated carbocycles. The quantitative estimate of drug-likeness (QED) is 0.562. The maximum Gasteiger partial charge on any atom is 0.223 e. The molecule has 4 rings (SSSR count). The van der Waals surface area contributed by atoms with Gasteiger partial charge in [0.05, 0.1) is 17.4 Å². The van der Waals surface area contributed by atoms with Crippen molar-refractivity contribution in [1.82, 2.24) is 15.2 Å². The van der Waals surface area contributed by atoms with Gasteiger partial charge in [-0.05, 0) is 76.5 Å². The maximum atomic E-state index is 12.5. The summed E-state index contributed by atoms with van der Waals surface area (Å²) in [6.07, 6.45) is 4.30. The van der Waals surface area contributed by atoms with Crippen LogP contribution < -0.4 is 10.2 Å². The second kappa shape index (κ2) is 9.71. The minimum Gasteiger partial charge on any atom is -0.351 e. The zero-order valence-corrected chi connectivity index (χ0v) is 19.6. The van der Waals surface area contributed by atoms with E-state index in [0.717, 1.165) is 66.7 Å². The number of nitrogens with one attached hydrogen (secondary N) is 1. The predicted molar refractivity (Wildman–Crippen MR) is 132 cm³/mol.